The van der Waals surface area contributed by atoms with E-state index in [1.54, 1.807) is 0 Å². The number of esters is 2. The highest BCUT2D eigenvalue weighted by Crippen LogP contribution is 2.16. The van der Waals surface area contributed by atoms with E-state index in [-0.39, 0.29) is 25.2 Å². The third-order valence-electron chi connectivity index (χ3n) is 13.3. The van der Waals surface area contributed by atoms with Crippen molar-refractivity contribution in [1.29, 1.82) is 0 Å². The third kappa shape index (κ3) is 56.4. The van der Waals surface area contributed by atoms with Gasteiger partial charge < -0.3 is 14.2 Å². The smallest absolute Gasteiger partial charge is 0.306 e. The molecule has 0 fully saturated rings. The lowest BCUT2D eigenvalue weighted by molar-refractivity contribution is -0.163. The summed E-state index contributed by atoms with van der Waals surface area (Å²) in [5.41, 5.74) is 0. The number of rotatable bonds is 56. The van der Waals surface area contributed by atoms with Gasteiger partial charge in [-0.15, -0.1) is 0 Å². The fourth-order valence-corrected chi connectivity index (χ4v) is 8.88. The fourth-order valence-electron chi connectivity index (χ4n) is 8.88. The molecule has 0 heterocycles. The quantitative estimate of drug-likeness (QED) is 0.0345. The van der Waals surface area contributed by atoms with Crippen LogP contribution in [0.25, 0.3) is 0 Å². The van der Waals surface area contributed by atoms with Gasteiger partial charge in [-0.1, -0.05) is 275 Å². The number of carbonyl (C=O) groups is 2. The Hall–Kier alpha value is -2.14. The Morgan fingerprint density at radius 3 is 1.07 bits per heavy atom. The van der Waals surface area contributed by atoms with Crippen molar-refractivity contribution in [2.24, 2.45) is 0 Å². The number of unbranched alkanes of at least 4 members (excludes halogenated alkanes) is 37. The van der Waals surface area contributed by atoms with Gasteiger partial charge >= 0.3 is 11.9 Å². The van der Waals surface area contributed by atoms with Gasteiger partial charge in [-0.05, 0) is 77.0 Å². The Morgan fingerprint density at radius 2 is 0.662 bits per heavy atom. The first-order chi connectivity index (χ1) is 33.6. The zero-order valence-electron chi connectivity index (χ0n) is 45.9. The van der Waals surface area contributed by atoms with Gasteiger partial charge in [-0.25, -0.2) is 0 Å². The van der Waals surface area contributed by atoms with Gasteiger partial charge in [-0.3, -0.25) is 9.59 Å². The Labute approximate surface area is 424 Å². The summed E-state index contributed by atoms with van der Waals surface area (Å²) >= 11 is 0. The normalized spacial score (nSPS) is 12.5. The molecular weight excluding hydrogens is 837 g/mol. The van der Waals surface area contributed by atoms with E-state index in [2.05, 4.69) is 69.4 Å². The average molecular weight is 954 g/mol. The second-order valence-corrected chi connectivity index (χ2v) is 20.2. The molecule has 398 valence electrons. The molecule has 5 heteroatoms. The molecule has 0 N–H and O–H groups in total. The molecule has 0 saturated heterocycles. The SMILES string of the molecule is CC/C=C\C/C=C\C/C=C\CCCCCCCCCCOCC(COC(=O)CCCCCCCCCCC/C=C\CCCCCCCC)OC(=O)CCCCCCCCCCCCCCCCC. The first kappa shape index (κ1) is 65.9. The van der Waals surface area contributed by atoms with Gasteiger partial charge in [0.15, 0.2) is 6.10 Å². The first-order valence-electron chi connectivity index (χ1n) is 30.2. The highest BCUT2D eigenvalue weighted by molar-refractivity contribution is 5.70. The van der Waals surface area contributed by atoms with Crippen LogP contribution < -0.4 is 0 Å². The van der Waals surface area contributed by atoms with Crippen molar-refractivity contribution in [2.75, 3.05) is 19.8 Å². The van der Waals surface area contributed by atoms with E-state index in [4.69, 9.17) is 14.2 Å². The molecule has 0 aromatic heterocycles. The summed E-state index contributed by atoms with van der Waals surface area (Å²) in [5.74, 6) is -0.385. The van der Waals surface area contributed by atoms with Crippen molar-refractivity contribution in [2.45, 2.75) is 322 Å². The molecule has 0 amide bonds. The summed E-state index contributed by atoms with van der Waals surface area (Å²) in [5, 5.41) is 0. The summed E-state index contributed by atoms with van der Waals surface area (Å²) in [4.78, 5) is 25.6. The van der Waals surface area contributed by atoms with Gasteiger partial charge in [0.25, 0.3) is 0 Å². The molecule has 0 bridgehead atoms. The molecule has 0 saturated carbocycles. The van der Waals surface area contributed by atoms with E-state index >= 15 is 0 Å². The highest BCUT2D eigenvalue weighted by Gasteiger charge is 2.17. The lowest BCUT2D eigenvalue weighted by atomic mass is 10.0. The van der Waals surface area contributed by atoms with Crippen LogP contribution in [-0.2, 0) is 23.8 Å². The second-order valence-electron chi connectivity index (χ2n) is 20.2. The maximum Gasteiger partial charge on any atom is 0.306 e. The van der Waals surface area contributed by atoms with Gasteiger partial charge in [-0.2, -0.15) is 0 Å². The van der Waals surface area contributed by atoms with E-state index in [1.807, 2.05) is 0 Å². The Morgan fingerprint density at radius 1 is 0.338 bits per heavy atom. The van der Waals surface area contributed by atoms with Crippen molar-refractivity contribution in [3.05, 3.63) is 48.6 Å². The molecule has 5 nitrogen and oxygen atoms in total. The maximum absolute atomic E-state index is 12.9. The average Bonchev–Trinajstić information content (AvgIpc) is 3.34. The number of carbonyl (C=O) groups excluding carboxylic acids is 2. The largest absolute Gasteiger partial charge is 0.462 e. The molecule has 0 aliphatic carbocycles. The van der Waals surface area contributed by atoms with Crippen LogP contribution in [0.3, 0.4) is 0 Å². The van der Waals surface area contributed by atoms with Crippen LogP contribution >= 0.6 is 0 Å². The van der Waals surface area contributed by atoms with Crippen LogP contribution in [0.4, 0.5) is 0 Å². The number of ether oxygens (including phenoxy) is 3. The molecule has 68 heavy (non-hydrogen) atoms. The van der Waals surface area contributed by atoms with E-state index in [1.165, 1.54) is 225 Å². The zero-order valence-corrected chi connectivity index (χ0v) is 45.9. The molecular formula is C63H116O5. The minimum atomic E-state index is -0.539. The lowest BCUT2D eigenvalue weighted by Crippen LogP contribution is -2.30. The third-order valence-corrected chi connectivity index (χ3v) is 13.3. The predicted octanol–water partition coefficient (Wildman–Crippen LogP) is 20.7. The van der Waals surface area contributed by atoms with Gasteiger partial charge in [0.1, 0.15) is 6.61 Å². The van der Waals surface area contributed by atoms with Crippen molar-refractivity contribution >= 4 is 11.9 Å². The predicted molar refractivity (Wildman–Crippen MR) is 298 cm³/mol. The monoisotopic (exact) mass is 953 g/mol. The molecule has 1 atom stereocenters. The van der Waals surface area contributed by atoms with E-state index in [0.29, 0.717) is 19.4 Å². The van der Waals surface area contributed by atoms with E-state index in [9.17, 15) is 9.59 Å². The van der Waals surface area contributed by atoms with Crippen LogP contribution in [-0.4, -0.2) is 37.9 Å². The van der Waals surface area contributed by atoms with E-state index < -0.39 is 6.10 Å². The fraction of sp³-hybridized carbons (Fsp3) is 0.841. The second kappa shape index (κ2) is 59.2. The standard InChI is InChI=1S/C63H116O5/c1-4-7-10-13-16-19-22-25-28-30-32-33-36-38-41-44-47-50-53-56-62(64)67-60-61(68-63(65)57-54-51-48-45-42-39-35-27-24-21-18-15-12-9-6-3)59-66-58-55-52-49-46-43-40-37-34-31-29-26-23-20-17-14-11-8-5-2/h8,11,17,20,25-26,28-29,61H,4-7,9-10,12-16,18-19,21-24,27,30-60H2,1-3H3/b11-8-,20-17-,28-25-,29-26-. The highest BCUT2D eigenvalue weighted by atomic mass is 16.6. The van der Waals surface area contributed by atoms with Crippen LogP contribution in [0.15, 0.2) is 48.6 Å². The molecule has 0 aliphatic rings. The van der Waals surface area contributed by atoms with Gasteiger partial charge in [0.05, 0.1) is 6.61 Å². The topological polar surface area (TPSA) is 61.8 Å². The number of hydrogen-bond acceptors (Lipinski definition) is 5. The Bertz CT molecular complexity index is 1120. The lowest BCUT2D eigenvalue weighted by Gasteiger charge is -2.18. The molecule has 0 aliphatic heterocycles. The molecule has 0 rings (SSSR count). The first-order valence-corrected chi connectivity index (χ1v) is 30.2. The molecule has 1 unspecified atom stereocenters. The van der Waals surface area contributed by atoms with Crippen LogP contribution in [0.2, 0.25) is 0 Å². The summed E-state index contributed by atoms with van der Waals surface area (Å²) in [7, 11) is 0. The summed E-state index contributed by atoms with van der Waals surface area (Å²) < 4.78 is 17.5. The Kier molecular flexibility index (Phi) is 57.3. The summed E-state index contributed by atoms with van der Waals surface area (Å²) in [6.07, 6.45) is 74.2. The van der Waals surface area contributed by atoms with Crippen LogP contribution in [0, 0.1) is 0 Å². The van der Waals surface area contributed by atoms with Crippen molar-refractivity contribution in [1.82, 2.24) is 0 Å². The van der Waals surface area contributed by atoms with Gasteiger partial charge in [0, 0.05) is 19.4 Å². The molecule has 0 aromatic carbocycles. The number of allylic oxidation sites excluding steroid dienone is 8. The van der Waals surface area contributed by atoms with Crippen LogP contribution in [0.1, 0.15) is 316 Å². The minimum absolute atomic E-state index is 0.0854. The van der Waals surface area contributed by atoms with E-state index in [0.717, 1.165) is 57.8 Å². The van der Waals surface area contributed by atoms with Crippen molar-refractivity contribution in [3.63, 3.8) is 0 Å². The summed E-state index contributed by atoms with van der Waals surface area (Å²) in [6, 6.07) is 0. The molecule has 0 aromatic rings. The van der Waals surface area contributed by atoms with Crippen molar-refractivity contribution in [3.8, 4) is 0 Å². The minimum Gasteiger partial charge on any atom is -0.462 e. The summed E-state index contributed by atoms with van der Waals surface area (Å²) in [6.45, 7) is 7.76. The zero-order chi connectivity index (χ0) is 49.2. The van der Waals surface area contributed by atoms with Crippen LogP contribution in [0.5, 0.6) is 0 Å². The van der Waals surface area contributed by atoms with Gasteiger partial charge in [0.2, 0.25) is 0 Å². The van der Waals surface area contributed by atoms with Crippen molar-refractivity contribution < 1.29 is 23.8 Å². The Balaban J connectivity index is 4.24. The molecule has 0 radical (unpaired) electrons. The molecule has 0 spiro atoms. The number of hydrogen-bond donors (Lipinski definition) is 0. The maximum atomic E-state index is 12.9.